The van der Waals surface area contributed by atoms with Gasteiger partial charge in [0, 0.05) is 19.0 Å². The number of ether oxygens (including phenoxy) is 1. The topological polar surface area (TPSA) is 72.2 Å². The summed E-state index contributed by atoms with van der Waals surface area (Å²) in [5.74, 6) is 3.04. The van der Waals surface area contributed by atoms with Gasteiger partial charge >= 0.3 is 0 Å². The Labute approximate surface area is 124 Å². The van der Waals surface area contributed by atoms with E-state index < -0.39 is 0 Å². The first-order chi connectivity index (χ1) is 10.2. The Balaban J connectivity index is 1.99. The lowest BCUT2D eigenvalue weighted by molar-refractivity contribution is 0.414. The number of hydrogen-bond acceptors (Lipinski definition) is 6. The molecule has 0 amide bonds. The van der Waals surface area contributed by atoms with Gasteiger partial charge in [-0.05, 0) is 32.4 Å². The average molecular weight is 290 g/mol. The van der Waals surface area contributed by atoms with Crippen LogP contribution < -0.4 is 15.4 Å². The largest absolute Gasteiger partial charge is 0.490 e. The maximum atomic E-state index is 5.41. The molecule has 2 rings (SSSR count). The second-order valence-corrected chi connectivity index (χ2v) is 4.80. The molecule has 2 N–H and O–H groups in total. The first kappa shape index (κ1) is 15.2. The zero-order valence-electron chi connectivity index (χ0n) is 12.7. The molecule has 6 nitrogen and oxygen atoms in total. The van der Waals surface area contributed by atoms with Crippen LogP contribution in [0, 0.1) is 0 Å². The molecular weight excluding hydrogens is 268 g/mol. The minimum Gasteiger partial charge on any atom is -0.490 e. The fraction of sp³-hybridized carbons (Fsp3) is 0.467. The number of aromatic nitrogens is 2. The summed E-state index contributed by atoms with van der Waals surface area (Å²) >= 11 is 0. The van der Waals surface area contributed by atoms with Crippen molar-refractivity contribution in [3.8, 4) is 5.75 Å². The van der Waals surface area contributed by atoms with Gasteiger partial charge in [0.1, 0.15) is 12.1 Å². The van der Waals surface area contributed by atoms with E-state index in [9.17, 15) is 0 Å². The number of aryl methyl sites for hydroxylation is 1. The predicted octanol–water partition coefficient (Wildman–Crippen LogP) is 2.94. The van der Waals surface area contributed by atoms with Crippen molar-refractivity contribution in [2.75, 3.05) is 24.3 Å². The average Bonchev–Trinajstić information content (AvgIpc) is 2.99. The van der Waals surface area contributed by atoms with Gasteiger partial charge in [0.2, 0.25) is 5.75 Å². The molecule has 0 aliphatic heterocycles. The van der Waals surface area contributed by atoms with Crippen molar-refractivity contribution in [1.29, 1.82) is 0 Å². The standard InChI is InChI=1S/C15H22N4O2/c1-4-16-14-13(20-3)15(18-10-17-14)19-11(2)7-8-12-6-5-9-21-12/h5-6,9-11H,4,7-8H2,1-3H3,(H2,16,17,18,19). The van der Waals surface area contributed by atoms with Crippen molar-refractivity contribution < 1.29 is 9.15 Å². The molecule has 1 unspecified atom stereocenters. The Morgan fingerprint density at radius 2 is 2.14 bits per heavy atom. The third kappa shape index (κ3) is 4.11. The Morgan fingerprint density at radius 3 is 2.81 bits per heavy atom. The highest BCUT2D eigenvalue weighted by Crippen LogP contribution is 2.29. The van der Waals surface area contributed by atoms with Gasteiger partial charge in [0.05, 0.1) is 13.4 Å². The smallest absolute Gasteiger partial charge is 0.204 e. The quantitative estimate of drug-likeness (QED) is 0.779. The SMILES string of the molecule is CCNc1ncnc(NC(C)CCc2ccco2)c1OC. The molecule has 0 aromatic carbocycles. The molecule has 6 heteroatoms. The normalized spacial score (nSPS) is 12.0. The lowest BCUT2D eigenvalue weighted by Gasteiger charge is -2.17. The first-order valence-electron chi connectivity index (χ1n) is 7.16. The Bertz CT molecular complexity index is 543. The van der Waals surface area contributed by atoms with Crippen LogP contribution in [0.2, 0.25) is 0 Å². The second-order valence-electron chi connectivity index (χ2n) is 4.80. The summed E-state index contributed by atoms with van der Waals surface area (Å²) in [7, 11) is 1.62. The van der Waals surface area contributed by atoms with Gasteiger partial charge in [0.25, 0.3) is 0 Å². The van der Waals surface area contributed by atoms with Gasteiger partial charge < -0.3 is 19.8 Å². The predicted molar refractivity (Wildman–Crippen MR) is 82.9 cm³/mol. The molecule has 0 spiro atoms. The van der Waals surface area contributed by atoms with E-state index in [-0.39, 0.29) is 6.04 Å². The highest BCUT2D eigenvalue weighted by molar-refractivity contribution is 5.63. The maximum Gasteiger partial charge on any atom is 0.204 e. The summed E-state index contributed by atoms with van der Waals surface area (Å²) in [6, 6.07) is 4.14. The van der Waals surface area contributed by atoms with Crippen LogP contribution in [0.1, 0.15) is 26.0 Å². The molecule has 0 saturated heterocycles. The number of methoxy groups -OCH3 is 1. The fourth-order valence-electron chi connectivity index (χ4n) is 2.08. The third-order valence-electron chi connectivity index (χ3n) is 3.14. The zero-order chi connectivity index (χ0) is 15.1. The molecule has 0 aliphatic carbocycles. The molecule has 1 atom stereocenters. The molecule has 0 aliphatic rings. The van der Waals surface area contributed by atoms with Gasteiger partial charge in [-0.25, -0.2) is 9.97 Å². The van der Waals surface area contributed by atoms with Crippen LogP contribution in [-0.4, -0.2) is 29.7 Å². The number of nitrogens with zero attached hydrogens (tertiary/aromatic N) is 2. The van der Waals surface area contributed by atoms with Gasteiger partial charge in [0.15, 0.2) is 11.6 Å². The molecule has 0 fully saturated rings. The van der Waals surface area contributed by atoms with E-state index >= 15 is 0 Å². The van der Waals surface area contributed by atoms with Crippen LogP contribution in [0.4, 0.5) is 11.6 Å². The van der Waals surface area contributed by atoms with Crippen molar-refractivity contribution in [2.24, 2.45) is 0 Å². The maximum absolute atomic E-state index is 5.41. The molecule has 2 aromatic heterocycles. The Morgan fingerprint density at radius 1 is 1.33 bits per heavy atom. The minimum absolute atomic E-state index is 0.244. The Hall–Kier alpha value is -2.24. The van der Waals surface area contributed by atoms with Crippen molar-refractivity contribution in [1.82, 2.24) is 9.97 Å². The zero-order valence-corrected chi connectivity index (χ0v) is 12.7. The molecule has 0 radical (unpaired) electrons. The fourth-order valence-corrected chi connectivity index (χ4v) is 2.08. The van der Waals surface area contributed by atoms with Crippen LogP contribution in [0.25, 0.3) is 0 Å². The van der Waals surface area contributed by atoms with Gasteiger partial charge in [-0.3, -0.25) is 0 Å². The Kier molecular flexibility index (Phi) is 5.43. The monoisotopic (exact) mass is 290 g/mol. The molecule has 0 bridgehead atoms. The number of anilines is 2. The van der Waals surface area contributed by atoms with Gasteiger partial charge in [-0.15, -0.1) is 0 Å². The van der Waals surface area contributed by atoms with E-state index in [0.717, 1.165) is 25.1 Å². The van der Waals surface area contributed by atoms with Gasteiger partial charge in [-0.1, -0.05) is 0 Å². The minimum atomic E-state index is 0.244. The van der Waals surface area contributed by atoms with Crippen LogP contribution in [0.15, 0.2) is 29.1 Å². The summed E-state index contributed by atoms with van der Waals surface area (Å²) in [5.41, 5.74) is 0. The summed E-state index contributed by atoms with van der Waals surface area (Å²) in [5, 5.41) is 6.53. The van der Waals surface area contributed by atoms with E-state index in [4.69, 9.17) is 9.15 Å². The van der Waals surface area contributed by atoms with E-state index in [0.29, 0.717) is 17.4 Å². The van der Waals surface area contributed by atoms with Crippen LogP contribution >= 0.6 is 0 Å². The summed E-state index contributed by atoms with van der Waals surface area (Å²) in [4.78, 5) is 8.46. The van der Waals surface area contributed by atoms with Crippen molar-refractivity contribution in [3.05, 3.63) is 30.5 Å². The van der Waals surface area contributed by atoms with Crippen LogP contribution in [0.3, 0.4) is 0 Å². The van der Waals surface area contributed by atoms with E-state index in [1.807, 2.05) is 19.1 Å². The number of nitrogens with one attached hydrogen (secondary N) is 2. The second kappa shape index (κ2) is 7.52. The summed E-state index contributed by atoms with van der Waals surface area (Å²) < 4.78 is 10.8. The van der Waals surface area contributed by atoms with Crippen LogP contribution in [0.5, 0.6) is 5.75 Å². The lowest BCUT2D eigenvalue weighted by atomic mass is 10.1. The summed E-state index contributed by atoms with van der Waals surface area (Å²) in [6.45, 7) is 4.90. The molecular formula is C15H22N4O2. The lowest BCUT2D eigenvalue weighted by Crippen LogP contribution is -2.18. The third-order valence-corrected chi connectivity index (χ3v) is 3.14. The highest BCUT2D eigenvalue weighted by atomic mass is 16.5. The summed E-state index contributed by atoms with van der Waals surface area (Å²) in [6.07, 6.45) is 5.05. The van der Waals surface area contributed by atoms with Crippen molar-refractivity contribution in [2.45, 2.75) is 32.7 Å². The molecule has 21 heavy (non-hydrogen) atoms. The first-order valence-corrected chi connectivity index (χ1v) is 7.16. The van der Waals surface area contributed by atoms with Crippen molar-refractivity contribution >= 4 is 11.6 Å². The van der Waals surface area contributed by atoms with Crippen molar-refractivity contribution in [3.63, 3.8) is 0 Å². The molecule has 114 valence electrons. The molecule has 0 saturated carbocycles. The van der Waals surface area contributed by atoms with E-state index in [2.05, 4.69) is 27.5 Å². The number of furan rings is 1. The van der Waals surface area contributed by atoms with E-state index in [1.54, 1.807) is 13.4 Å². The molecule has 2 heterocycles. The highest BCUT2D eigenvalue weighted by Gasteiger charge is 2.13. The number of hydrogen-bond donors (Lipinski definition) is 2. The van der Waals surface area contributed by atoms with Crippen LogP contribution in [-0.2, 0) is 6.42 Å². The van der Waals surface area contributed by atoms with Gasteiger partial charge in [-0.2, -0.15) is 0 Å². The number of rotatable bonds is 8. The molecule has 2 aromatic rings. The van der Waals surface area contributed by atoms with E-state index in [1.165, 1.54) is 6.33 Å².